The molecule has 2 nitrogen and oxygen atoms in total. The van der Waals surface area contributed by atoms with Crippen LogP contribution in [0.25, 0.3) is 16.8 Å². The largest absolute Gasteiger partial charge is 0.240 e. The lowest BCUT2D eigenvalue weighted by molar-refractivity contribution is 0.560. The highest BCUT2D eigenvalue weighted by Crippen LogP contribution is 2.29. The fraction of sp³-hybridized carbons (Fsp3) is 0.318. The highest BCUT2D eigenvalue weighted by atomic mass is 15.3. The molecule has 2 aromatic carbocycles. The summed E-state index contributed by atoms with van der Waals surface area (Å²) < 4.78 is 1.95. The normalized spacial score (nSPS) is 12.3. The molecule has 0 aliphatic heterocycles. The van der Waals surface area contributed by atoms with Crippen LogP contribution in [0.2, 0.25) is 0 Å². The zero-order chi connectivity index (χ0) is 17.1. The van der Waals surface area contributed by atoms with Gasteiger partial charge in [0.1, 0.15) is 0 Å². The average Bonchev–Trinajstić information content (AvgIpc) is 3.04. The van der Waals surface area contributed by atoms with Gasteiger partial charge in [-0.25, -0.2) is 4.68 Å². The first-order valence-corrected chi connectivity index (χ1v) is 8.79. The van der Waals surface area contributed by atoms with E-state index in [1.807, 2.05) is 29.1 Å². The summed E-state index contributed by atoms with van der Waals surface area (Å²) in [5, 5.41) is 4.55. The van der Waals surface area contributed by atoms with Gasteiger partial charge in [-0.3, -0.25) is 0 Å². The van der Waals surface area contributed by atoms with Crippen LogP contribution in [0, 0.1) is 19.8 Å². The highest BCUT2D eigenvalue weighted by molar-refractivity contribution is 5.70. The van der Waals surface area contributed by atoms with Crippen LogP contribution < -0.4 is 0 Å². The van der Waals surface area contributed by atoms with Gasteiger partial charge in [0.15, 0.2) is 0 Å². The van der Waals surface area contributed by atoms with Gasteiger partial charge in [-0.15, -0.1) is 0 Å². The van der Waals surface area contributed by atoms with Gasteiger partial charge in [-0.05, 0) is 60.6 Å². The summed E-state index contributed by atoms with van der Waals surface area (Å²) in [6, 6.07) is 14.9. The van der Waals surface area contributed by atoms with E-state index in [0.717, 1.165) is 18.0 Å². The van der Waals surface area contributed by atoms with Crippen LogP contribution in [0.15, 0.2) is 54.9 Å². The smallest absolute Gasteiger partial charge is 0.0645 e. The molecule has 0 amide bonds. The molecule has 0 radical (unpaired) electrons. The van der Waals surface area contributed by atoms with Crippen molar-refractivity contribution in [2.45, 2.75) is 40.5 Å². The number of benzene rings is 2. The van der Waals surface area contributed by atoms with Crippen LogP contribution in [0.5, 0.6) is 0 Å². The molecule has 24 heavy (non-hydrogen) atoms. The molecular formula is C22H26N2. The van der Waals surface area contributed by atoms with Crippen molar-refractivity contribution in [3.8, 4) is 16.8 Å². The van der Waals surface area contributed by atoms with E-state index < -0.39 is 0 Å². The maximum atomic E-state index is 4.55. The summed E-state index contributed by atoms with van der Waals surface area (Å²) in [6.07, 6.45) is 6.47. The minimum Gasteiger partial charge on any atom is -0.240 e. The lowest BCUT2D eigenvalue weighted by Gasteiger charge is -2.14. The van der Waals surface area contributed by atoms with Gasteiger partial charge in [0.2, 0.25) is 0 Å². The maximum Gasteiger partial charge on any atom is 0.0645 e. The zero-order valence-corrected chi connectivity index (χ0v) is 15.1. The van der Waals surface area contributed by atoms with E-state index in [2.05, 4.69) is 63.3 Å². The third kappa shape index (κ3) is 3.43. The number of hydrogen-bond acceptors (Lipinski definition) is 1. The lowest BCUT2D eigenvalue weighted by atomic mass is 9.91. The average molecular weight is 318 g/mol. The van der Waals surface area contributed by atoms with Crippen LogP contribution in [0.3, 0.4) is 0 Å². The van der Waals surface area contributed by atoms with E-state index in [1.165, 1.54) is 34.2 Å². The van der Waals surface area contributed by atoms with Crippen molar-refractivity contribution in [2.75, 3.05) is 0 Å². The first kappa shape index (κ1) is 16.5. The third-order valence-corrected chi connectivity index (χ3v) is 4.77. The molecule has 0 bridgehead atoms. The minimum atomic E-state index is 0.732. The molecule has 1 heterocycles. The molecule has 1 unspecified atom stereocenters. The molecule has 124 valence electrons. The predicted molar refractivity (Wildman–Crippen MR) is 102 cm³/mol. The van der Waals surface area contributed by atoms with Crippen molar-refractivity contribution in [3.63, 3.8) is 0 Å². The molecule has 0 saturated carbocycles. The Labute approximate surface area is 145 Å². The lowest BCUT2D eigenvalue weighted by Crippen LogP contribution is -2.00. The number of para-hydroxylation sites is 1. The molecular weight excluding hydrogens is 292 g/mol. The molecule has 1 aromatic heterocycles. The van der Waals surface area contributed by atoms with Gasteiger partial charge in [0.05, 0.1) is 11.9 Å². The summed E-state index contributed by atoms with van der Waals surface area (Å²) in [6.45, 7) is 9.00. The van der Waals surface area contributed by atoms with Crippen molar-refractivity contribution in [1.82, 2.24) is 9.78 Å². The van der Waals surface area contributed by atoms with E-state index in [0.29, 0.717) is 0 Å². The molecule has 0 saturated heterocycles. The van der Waals surface area contributed by atoms with Gasteiger partial charge < -0.3 is 0 Å². The zero-order valence-electron chi connectivity index (χ0n) is 15.1. The second-order valence-electron chi connectivity index (χ2n) is 6.83. The van der Waals surface area contributed by atoms with Crippen LogP contribution in [-0.4, -0.2) is 9.78 Å². The Morgan fingerprint density at radius 1 is 1.04 bits per heavy atom. The number of aryl methyl sites for hydroxylation is 2. The molecule has 3 aromatic rings. The second-order valence-corrected chi connectivity index (χ2v) is 6.83. The Bertz CT molecular complexity index is 792. The number of nitrogens with zero attached hydrogens (tertiary/aromatic N) is 2. The predicted octanol–water partition coefficient (Wildman–Crippen LogP) is 5.74. The fourth-order valence-electron chi connectivity index (χ4n) is 3.35. The van der Waals surface area contributed by atoms with Crippen molar-refractivity contribution in [1.29, 1.82) is 0 Å². The van der Waals surface area contributed by atoms with E-state index >= 15 is 0 Å². The molecule has 3 rings (SSSR count). The number of hydrogen-bond donors (Lipinski definition) is 0. The van der Waals surface area contributed by atoms with Gasteiger partial charge in [0.25, 0.3) is 0 Å². The Balaban J connectivity index is 1.94. The second kappa shape index (κ2) is 7.04. The number of rotatable bonds is 5. The van der Waals surface area contributed by atoms with E-state index in [9.17, 15) is 0 Å². The fourth-order valence-corrected chi connectivity index (χ4v) is 3.35. The highest BCUT2D eigenvalue weighted by Gasteiger charge is 2.11. The van der Waals surface area contributed by atoms with Gasteiger partial charge in [0, 0.05) is 11.8 Å². The van der Waals surface area contributed by atoms with Gasteiger partial charge in [-0.2, -0.15) is 5.10 Å². The van der Waals surface area contributed by atoms with Crippen molar-refractivity contribution in [2.24, 2.45) is 5.92 Å². The monoisotopic (exact) mass is 318 g/mol. The van der Waals surface area contributed by atoms with Crippen molar-refractivity contribution < 1.29 is 0 Å². The molecule has 0 aliphatic rings. The summed E-state index contributed by atoms with van der Waals surface area (Å²) >= 11 is 0. The maximum absolute atomic E-state index is 4.55. The van der Waals surface area contributed by atoms with Crippen LogP contribution in [0.1, 0.15) is 37.0 Å². The minimum absolute atomic E-state index is 0.732. The quantitative estimate of drug-likeness (QED) is 0.586. The van der Waals surface area contributed by atoms with Gasteiger partial charge >= 0.3 is 0 Å². The van der Waals surface area contributed by atoms with Crippen LogP contribution >= 0.6 is 0 Å². The first-order valence-electron chi connectivity index (χ1n) is 8.79. The summed E-state index contributed by atoms with van der Waals surface area (Å²) in [5.74, 6) is 0.732. The van der Waals surface area contributed by atoms with Crippen molar-refractivity contribution in [3.05, 3.63) is 71.5 Å². The standard InChI is InChI=1S/C22H26N2/c1-5-16(2)11-19-12-17(3)22(18(4)13-19)20-14-23-24(15-20)21-9-7-6-8-10-21/h6-10,12-16H,5,11H2,1-4H3. The SMILES string of the molecule is CCC(C)Cc1cc(C)c(-c2cnn(-c3ccccc3)c2)c(C)c1. The van der Waals surface area contributed by atoms with Gasteiger partial charge in [-0.1, -0.05) is 50.6 Å². The molecule has 0 aliphatic carbocycles. The first-order chi connectivity index (χ1) is 11.6. The topological polar surface area (TPSA) is 17.8 Å². The molecule has 0 N–H and O–H groups in total. The molecule has 0 spiro atoms. The third-order valence-electron chi connectivity index (χ3n) is 4.77. The van der Waals surface area contributed by atoms with E-state index in [-0.39, 0.29) is 0 Å². The Morgan fingerprint density at radius 2 is 1.71 bits per heavy atom. The Hall–Kier alpha value is -2.35. The van der Waals surface area contributed by atoms with E-state index in [4.69, 9.17) is 0 Å². The molecule has 0 fully saturated rings. The summed E-state index contributed by atoms with van der Waals surface area (Å²) in [7, 11) is 0. The Morgan fingerprint density at radius 3 is 2.33 bits per heavy atom. The number of aromatic nitrogens is 2. The summed E-state index contributed by atoms with van der Waals surface area (Å²) in [5.41, 5.74) is 7.70. The summed E-state index contributed by atoms with van der Waals surface area (Å²) in [4.78, 5) is 0. The van der Waals surface area contributed by atoms with Crippen molar-refractivity contribution >= 4 is 0 Å². The van der Waals surface area contributed by atoms with E-state index in [1.54, 1.807) is 0 Å². The molecule has 2 heteroatoms. The van der Waals surface area contributed by atoms with Crippen LogP contribution in [-0.2, 0) is 6.42 Å². The molecule has 1 atom stereocenters. The Kier molecular flexibility index (Phi) is 4.84. The van der Waals surface area contributed by atoms with Crippen LogP contribution in [0.4, 0.5) is 0 Å².